The molecule has 0 saturated heterocycles. The van der Waals surface area contributed by atoms with Crippen LogP contribution in [0.4, 0.5) is 13.2 Å². The summed E-state index contributed by atoms with van der Waals surface area (Å²) in [6.07, 6.45) is 3.20. The minimum Gasteiger partial charge on any atom is -0.366 e. The molecule has 1 aliphatic rings. The Hall–Kier alpha value is -4.04. The normalized spacial score (nSPS) is 16.3. The maximum Gasteiger partial charge on any atom is 0.251 e. The molecule has 4 nitrogen and oxygen atoms in total. The summed E-state index contributed by atoms with van der Waals surface area (Å²) in [7, 11) is 0. The van der Waals surface area contributed by atoms with Crippen LogP contribution in [-0.2, 0) is 24.8 Å². The first kappa shape index (κ1) is 29.1. The van der Waals surface area contributed by atoms with Gasteiger partial charge < -0.3 is 10.3 Å². The third-order valence-corrected chi connectivity index (χ3v) is 9.55. The smallest absolute Gasteiger partial charge is 0.251 e. The van der Waals surface area contributed by atoms with Crippen LogP contribution in [0.5, 0.6) is 0 Å². The molecule has 0 fully saturated rings. The lowest BCUT2D eigenvalue weighted by atomic mass is 9.80. The van der Waals surface area contributed by atoms with E-state index in [0.29, 0.717) is 36.2 Å². The molecule has 2 aromatic heterocycles. The number of rotatable bonds is 8. The zero-order valence-corrected chi connectivity index (χ0v) is 25.1. The molecule has 43 heavy (non-hydrogen) atoms. The number of primary amides is 1. The minimum absolute atomic E-state index is 0.252. The van der Waals surface area contributed by atoms with Crippen LogP contribution in [0, 0.1) is 23.4 Å². The second-order valence-corrected chi connectivity index (χ2v) is 13.1. The number of hydrogen-bond acceptors (Lipinski definition) is 3. The first-order valence-electron chi connectivity index (χ1n) is 14.3. The zero-order chi connectivity index (χ0) is 30.5. The van der Waals surface area contributed by atoms with Crippen molar-refractivity contribution in [3.63, 3.8) is 0 Å². The van der Waals surface area contributed by atoms with Gasteiger partial charge in [-0.15, -0.1) is 11.8 Å². The molecule has 0 bridgehead atoms. The van der Waals surface area contributed by atoms with Gasteiger partial charge in [-0.05, 0) is 77.9 Å². The van der Waals surface area contributed by atoms with Gasteiger partial charge in [0.1, 0.15) is 5.82 Å². The van der Waals surface area contributed by atoms with Gasteiger partial charge in [-0.25, -0.2) is 13.2 Å². The predicted octanol–water partition coefficient (Wildman–Crippen LogP) is 8.07. The fraction of sp³-hybridized carbons (Fsp3) is 0.257. The molecule has 220 valence electrons. The molecule has 0 saturated carbocycles. The molecule has 8 heteroatoms. The molecular formula is C35H32F3N3OS. The van der Waals surface area contributed by atoms with Crippen LogP contribution in [0.2, 0.25) is 0 Å². The van der Waals surface area contributed by atoms with Gasteiger partial charge in [0.05, 0.1) is 17.0 Å². The van der Waals surface area contributed by atoms with Crippen LogP contribution >= 0.6 is 11.8 Å². The van der Waals surface area contributed by atoms with Gasteiger partial charge in [-0.3, -0.25) is 9.78 Å². The Morgan fingerprint density at radius 1 is 1.00 bits per heavy atom. The van der Waals surface area contributed by atoms with Crippen molar-refractivity contribution in [3.8, 4) is 11.1 Å². The van der Waals surface area contributed by atoms with E-state index >= 15 is 0 Å². The standard InChI is InChI=1S/C35H32F3N3OS/c1-20(2)14-28-31(34(39)42)30(32-33(40-28)35(3,19-43-32)17-21-4-8-25(36)9-5-21)24-7-11-29-23(16-24)12-13-41(29)18-22-6-10-26(37)27(38)15-22/h4-13,15-16,20H,14,17-19H2,1-3H3,(H2,39,42)/t35-/m0/s1. The van der Waals surface area contributed by atoms with Gasteiger partial charge in [-0.1, -0.05) is 45.0 Å². The van der Waals surface area contributed by atoms with Crippen molar-refractivity contribution in [2.45, 2.75) is 50.5 Å². The van der Waals surface area contributed by atoms with Gasteiger partial charge in [0.2, 0.25) is 0 Å². The molecule has 1 aliphatic heterocycles. The van der Waals surface area contributed by atoms with E-state index in [1.54, 1.807) is 17.8 Å². The third-order valence-electron chi connectivity index (χ3n) is 8.09. The number of carbonyl (C=O) groups is 1. The quantitative estimate of drug-likeness (QED) is 0.196. The Bertz CT molecular complexity index is 1870. The van der Waals surface area contributed by atoms with E-state index < -0.39 is 17.5 Å². The largest absolute Gasteiger partial charge is 0.366 e. The SMILES string of the molecule is CC(C)Cc1nc2c(c(-c3ccc4c(ccn4Cc4ccc(F)c(F)c4)c3)c1C(N)=O)SC[C@]2(C)Cc1ccc(F)cc1. The summed E-state index contributed by atoms with van der Waals surface area (Å²) in [5, 5.41) is 0.948. The summed E-state index contributed by atoms with van der Waals surface area (Å²) in [5.41, 5.74) is 12.1. The zero-order valence-electron chi connectivity index (χ0n) is 24.3. The number of thioether (sulfide) groups is 1. The van der Waals surface area contributed by atoms with E-state index in [-0.39, 0.29) is 17.2 Å². The fourth-order valence-electron chi connectivity index (χ4n) is 6.06. The number of fused-ring (bicyclic) bond motifs is 2. The Balaban J connectivity index is 1.47. The fourth-order valence-corrected chi connectivity index (χ4v) is 7.55. The maximum atomic E-state index is 13.8. The van der Waals surface area contributed by atoms with E-state index in [1.807, 2.05) is 41.1 Å². The van der Waals surface area contributed by atoms with Gasteiger partial charge >= 0.3 is 0 Å². The van der Waals surface area contributed by atoms with Crippen LogP contribution in [-0.4, -0.2) is 21.2 Å². The van der Waals surface area contributed by atoms with Crippen LogP contribution in [0.15, 0.2) is 77.8 Å². The summed E-state index contributed by atoms with van der Waals surface area (Å²) < 4.78 is 42.9. The number of amides is 1. The van der Waals surface area contributed by atoms with E-state index in [4.69, 9.17) is 10.7 Å². The summed E-state index contributed by atoms with van der Waals surface area (Å²) in [6, 6.07) is 18.5. The monoisotopic (exact) mass is 599 g/mol. The molecule has 0 radical (unpaired) electrons. The van der Waals surface area contributed by atoms with E-state index in [9.17, 15) is 18.0 Å². The summed E-state index contributed by atoms with van der Waals surface area (Å²) in [5.74, 6) is -1.51. The van der Waals surface area contributed by atoms with Gasteiger partial charge in [-0.2, -0.15) is 0 Å². The number of benzene rings is 3. The van der Waals surface area contributed by atoms with Crippen LogP contribution in [0.25, 0.3) is 22.0 Å². The minimum atomic E-state index is -0.872. The Morgan fingerprint density at radius 3 is 2.44 bits per heavy atom. The highest BCUT2D eigenvalue weighted by Gasteiger charge is 2.40. The second kappa shape index (κ2) is 11.2. The van der Waals surface area contributed by atoms with Crippen LogP contribution < -0.4 is 5.73 Å². The number of nitrogens with zero attached hydrogens (tertiary/aromatic N) is 2. The molecule has 2 N–H and O–H groups in total. The Morgan fingerprint density at radius 2 is 1.74 bits per heavy atom. The van der Waals surface area contributed by atoms with E-state index in [0.717, 1.165) is 50.0 Å². The van der Waals surface area contributed by atoms with Crippen molar-refractivity contribution in [2.75, 3.05) is 5.75 Å². The number of hydrogen-bond donors (Lipinski definition) is 1. The first-order valence-corrected chi connectivity index (χ1v) is 15.3. The highest BCUT2D eigenvalue weighted by Crippen LogP contribution is 2.50. The number of pyridine rings is 1. The van der Waals surface area contributed by atoms with Crippen molar-refractivity contribution in [1.82, 2.24) is 9.55 Å². The second-order valence-electron chi connectivity index (χ2n) is 12.1. The molecule has 1 amide bonds. The average Bonchev–Trinajstić information content (AvgIpc) is 3.51. The Kier molecular flexibility index (Phi) is 7.59. The molecule has 6 rings (SSSR count). The lowest BCUT2D eigenvalue weighted by molar-refractivity contribution is 0.0999. The topological polar surface area (TPSA) is 60.9 Å². The Labute approximate surface area is 253 Å². The molecule has 3 heterocycles. The van der Waals surface area contributed by atoms with Crippen LogP contribution in [0.3, 0.4) is 0 Å². The van der Waals surface area contributed by atoms with Gasteiger partial charge in [0.15, 0.2) is 11.6 Å². The first-order chi connectivity index (χ1) is 20.5. The third kappa shape index (κ3) is 5.56. The highest BCUT2D eigenvalue weighted by atomic mass is 32.2. The van der Waals surface area contributed by atoms with Crippen molar-refractivity contribution in [3.05, 3.63) is 118 Å². The van der Waals surface area contributed by atoms with Crippen LogP contribution in [0.1, 0.15) is 53.6 Å². The van der Waals surface area contributed by atoms with E-state index in [1.165, 1.54) is 18.2 Å². The lowest BCUT2D eigenvalue weighted by Gasteiger charge is -2.26. The van der Waals surface area contributed by atoms with Crippen molar-refractivity contribution in [1.29, 1.82) is 0 Å². The van der Waals surface area contributed by atoms with Crippen molar-refractivity contribution < 1.29 is 18.0 Å². The van der Waals surface area contributed by atoms with E-state index in [2.05, 4.69) is 26.8 Å². The number of halogens is 3. The molecule has 1 atom stereocenters. The predicted molar refractivity (Wildman–Crippen MR) is 166 cm³/mol. The summed E-state index contributed by atoms with van der Waals surface area (Å²) >= 11 is 1.68. The molecule has 0 aliphatic carbocycles. The number of aromatic nitrogens is 2. The molecular weight excluding hydrogens is 567 g/mol. The molecule has 5 aromatic rings. The van der Waals surface area contributed by atoms with Crippen molar-refractivity contribution in [2.24, 2.45) is 11.7 Å². The molecule has 3 aromatic carbocycles. The number of carbonyl (C=O) groups excluding carboxylic acids is 1. The summed E-state index contributed by atoms with van der Waals surface area (Å²) in [4.78, 5) is 19.2. The average molecular weight is 600 g/mol. The maximum absolute atomic E-state index is 13.8. The molecule has 0 unspecified atom stereocenters. The lowest BCUT2D eigenvalue weighted by Crippen LogP contribution is -2.28. The van der Waals surface area contributed by atoms with Crippen molar-refractivity contribution >= 4 is 28.6 Å². The van der Waals surface area contributed by atoms with Gasteiger partial charge in [0.25, 0.3) is 5.91 Å². The molecule has 0 spiro atoms. The summed E-state index contributed by atoms with van der Waals surface area (Å²) in [6.45, 7) is 6.74. The highest BCUT2D eigenvalue weighted by molar-refractivity contribution is 7.99. The van der Waals surface area contributed by atoms with Gasteiger partial charge in [0, 0.05) is 45.3 Å². The number of nitrogens with two attached hydrogens (primary N) is 1.